The van der Waals surface area contributed by atoms with Crippen LogP contribution in [0.2, 0.25) is 0 Å². The molecule has 0 unspecified atom stereocenters. The molecule has 0 aromatic carbocycles. The molecule has 11 heteroatoms. The number of pyridine rings is 1. The fourth-order valence-corrected chi connectivity index (χ4v) is 5.34. The Kier molecular flexibility index (Phi) is 7.21. The van der Waals surface area contributed by atoms with Crippen LogP contribution < -0.4 is 10.2 Å². The van der Waals surface area contributed by atoms with Crippen LogP contribution in [0.4, 0.5) is 24.3 Å². The lowest BCUT2D eigenvalue weighted by Crippen LogP contribution is -2.48. The molecule has 0 atom stereocenters. The molecule has 0 aliphatic carbocycles. The molecule has 1 aliphatic rings. The minimum atomic E-state index is -0.642. The molecule has 4 rings (SSSR count). The van der Waals surface area contributed by atoms with Gasteiger partial charge in [-0.1, -0.05) is 0 Å². The molecule has 0 saturated carbocycles. The minimum Gasteiger partial charge on any atom is -0.444 e. The highest BCUT2D eigenvalue weighted by Crippen LogP contribution is 2.33. The van der Waals surface area contributed by atoms with E-state index in [1.165, 1.54) is 22.7 Å². The minimum absolute atomic E-state index is 0.0327. The van der Waals surface area contributed by atoms with Crippen molar-refractivity contribution in [3.63, 3.8) is 0 Å². The van der Waals surface area contributed by atoms with Gasteiger partial charge in [-0.25, -0.2) is 18.6 Å². The number of hydrogen-bond acceptors (Lipinski definition) is 6. The Morgan fingerprint density at radius 1 is 1.19 bits per heavy atom. The zero-order chi connectivity index (χ0) is 26.2. The van der Waals surface area contributed by atoms with Gasteiger partial charge in [0.15, 0.2) is 11.5 Å². The number of carbonyl (C=O) groups is 2. The Bertz CT molecular complexity index is 1270. The molecule has 1 saturated heterocycles. The first-order chi connectivity index (χ1) is 16.9. The molecule has 2 amide bonds. The number of aromatic nitrogens is 2. The number of ether oxygens (including phenoxy) is 1. The van der Waals surface area contributed by atoms with Crippen molar-refractivity contribution in [2.75, 3.05) is 29.9 Å². The summed E-state index contributed by atoms with van der Waals surface area (Å²) in [5.41, 5.74) is 0.445. The number of fused-ring (bicyclic) bond motifs is 1. The highest BCUT2D eigenvalue weighted by molar-refractivity contribution is 7.18. The second-order valence-electron chi connectivity index (χ2n) is 9.89. The molecule has 0 bridgehead atoms. The molecular weight excluding hydrogens is 488 g/mol. The number of aryl methyl sites for hydroxylation is 1. The van der Waals surface area contributed by atoms with E-state index in [0.29, 0.717) is 43.2 Å². The van der Waals surface area contributed by atoms with Gasteiger partial charge >= 0.3 is 6.09 Å². The van der Waals surface area contributed by atoms with Crippen LogP contribution in [0.1, 0.15) is 55.9 Å². The predicted molar refractivity (Wildman–Crippen MR) is 136 cm³/mol. The zero-order valence-corrected chi connectivity index (χ0v) is 21.9. The Balaban J connectivity index is 1.41. The first-order valence-electron chi connectivity index (χ1n) is 11.9. The number of nitrogens with one attached hydrogen (secondary N) is 1. The van der Waals surface area contributed by atoms with Gasteiger partial charge in [0.05, 0.1) is 16.4 Å². The lowest BCUT2D eigenvalue weighted by atomic mass is 10.0. The Morgan fingerprint density at radius 3 is 2.53 bits per heavy atom. The molecular formula is C25H31F2N5O3S. The number of anilines is 2. The highest BCUT2D eigenvalue weighted by Gasteiger charge is 2.31. The summed E-state index contributed by atoms with van der Waals surface area (Å²) in [5.74, 6) is -1.85. The molecule has 1 N–H and O–H groups in total. The van der Waals surface area contributed by atoms with E-state index in [-0.39, 0.29) is 28.3 Å². The highest BCUT2D eigenvalue weighted by atomic mass is 32.1. The molecule has 194 valence electrons. The number of amides is 2. The SMILES string of the molecule is CCN(C(=O)OC(C)(C)C)C1CCN(c2cc(F)c(C(=O)Nc3cc(F)c4nc(C)cn4c3)s2)CC1. The van der Waals surface area contributed by atoms with Gasteiger partial charge in [-0.15, -0.1) is 11.3 Å². The van der Waals surface area contributed by atoms with E-state index in [1.54, 1.807) is 18.0 Å². The van der Waals surface area contributed by atoms with Crippen LogP contribution in [0.3, 0.4) is 0 Å². The third-order valence-corrected chi connectivity index (χ3v) is 7.12. The van der Waals surface area contributed by atoms with E-state index in [9.17, 15) is 18.4 Å². The summed E-state index contributed by atoms with van der Waals surface area (Å²) in [4.78, 5) is 33.1. The molecule has 0 radical (unpaired) electrons. The van der Waals surface area contributed by atoms with Crippen molar-refractivity contribution < 1.29 is 23.1 Å². The van der Waals surface area contributed by atoms with Gasteiger partial charge in [0.1, 0.15) is 16.3 Å². The summed E-state index contributed by atoms with van der Waals surface area (Å²) in [6, 6.07) is 2.56. The van der Waals surface area contributed by atoms with Crippen LogP contribution in [-0.2, 0) is 4.74 Å². The standard InChI is InChI=1S/C25H31F2N5O3S/c1-6-32(24(34)35-25(3,4)5)17-7-9-30(10-8-17)20-12-18(26)21(36-20)23(33)29-16-11-19(27)22-28-15(2)13-31(22)14-16/h11-14,17H,6-10H2,1-5H3,(H,29,33). The molecule has 1 fully saturated rings. The van der Waals surface area contributed by atoms with Gasteiger partial charge in [-0.2, -0.15) is 0 Å². The van der Waals surface area contributed by atoms with Gasteiger partial charge < -0.3 is 24.3 Å². The largest absolute Gasteiger partial charge is 0.444 e. The second-order valence-corrected chi connectivity index (χ2v) is 10.9. The van der Waals surface area contributed by atoms with Crippen molar-refractivity contribution in [3.05, 3.63) is 46.7 Å². The Morgan fingerprint density at radius 2 is 1.89 bits per heavy atom. The van der Waals surface area contributed by atoms with Crippen LogP contribution in [0, 0.1) is 18.6 Å². The van der Waals surface area contributed by atoms with Crippen molar-refractivity contribution >= 4 is 39.7 Å². The van der Waals surface area contributed by atoms with Gasteiger partial charge in [-0.05, 0) is 47.5 Å². The molecule has 8 nitrogen and oxygen atoms in total. The maximum absolute atomic E-state index is 14.7. The summed E-state index contributed by atoms with van der Waals surface area (Å²) in [5, 5.41) is 3.23. The lowest BCUT2D eigenvalue weighted by Gasteiger charge is -2.38. The van der Waals surface area contributed by atoms with E-state index < -0.39 is 23.1 Å². The monoisotopic (exact) mass is 519 g/mol. The number of nitrogens with zero attached hydrogens (tertiary/aromatic N) is 4. The van der Waals surface area contributed by atoms with Crippen LogP contribution in [0.5, 0.6) is 0 Å². The van der Waals surface area contributed by atoms with Crippen LogP contribution in [-0.4, -0.2) is 57.6 Å². The summed E-state index contributed by atoms with van der Waals surface area (Å²) in [6.45, 7) is 11.0. The predicted octanol–water partition coefficient (Wildman–Crippen LogP) is 5.46. The molecule has 0 spiro atoms. The van der Waals surface area contributed by atoms with Crippen LogP contribution >= 0.6 is 11.3 Å². The van der Waals surface area contributed by atoms with Crippen molar-refractivity contribution in [1.29, 1.82) is 0 Å². The smallest absolute Gasteiger partial charge is 0.410 e. The summed E-state index contributed by atoms with van der Waals surface area (Å²) in [6.07, 6.45) is 4.27. The topological polar surface area (TPSA) is 79.2 Å². The van der Waals surface area contributed by atoms with E-state index >= 15 is 0 Å². The maximum Gasteiger partial charge on any atom is 0.410 e. The van der Waals surface area contributed by atoms with Crippen molar-refractivity contribution in [3.8, 4) is 0 Å². The first-order valence-corrected chi connectivity index (χ1v) is 12.8. The Hall–Kier alpha value is -3.21. The maximum atomic E-state index is 14.7. The average Bonchev–Trinajstić information content (AvgIpc) is 3.36. The van der Waals surface area contributed by atoms with Crippen molar-refractivity contribution in [2.24, 2.45) is 0 Å². The summed E-state index contributed by atoms with van der Waals surface area (Å²) >= 11 is 1.06. The molecule has 36 heavy (non-hydrogen) atoms. The van der Waals surface area contributed by atoms with E-state index in [1.807, 2.05) is 32.6 Å². The fraction of sp³-hybridized carbons (Fsp3) is 0.480. The van der Waals surface area contributed by atoms with Crippen molar-refractivity contribution in [1.82, 2.24) is 14.3 Å². The quantitative estimate of drug-likeness (QED) is 0.484. The molecule has 3 aromatic heterocycles. The van der Waals surface area contributed by atoms with Gasteiger partial charge in [0, 0.05) is 50.2 Å². The third kappa shape index (κ3) is 5.61. The number of piperidine rings is 1. The lowest BCUT2D eigenvalue weighted by molar-refractivity contribution is 0.0149. The van der Waals surface area contributed by atoms with Crippen molar-refractivity contribution in [2.45, 2.75) is 59.1 Å². The fourth-order valence-electron chi connectivity index (χ4n) is 4.36. The summed E-state index contributed by atoms with van der Waals surface area (Å²) < 4.78 is 36.1. The van der Waals surface area contributed by atoms with E-state index in [4.69, 9.17) is 4.74 Å². The number of hydrogen-bond donors (Lipinski definition) is 1. The van der Waals surface area contributed by atoms with E-state index in [0.717, 1.165) is 11.3 Å². The zero-order valence-electron chi connectivity index (χ0n) is 21.1. The number of imidazole rings is 1. The number of thiophene rings is 1. The number of halogens is 2. The van der Waals surface area contributed by atoms with Gasteiger partial charge in [0.25, 0.3) is 5.91 Å². The molecule has 1 aliphatic heterocycles. The number of rotatable bonds is 5. The third-order valence-electron chi connectivity index (χ3n) is 5.95. The first kappa shape index (κ1) is 25.9. The van der Waals surface area contributed by atoms with Gasteiger partial charge in [0.2, 0.25) is 0 Å². The van der Waals surface area contributed by atoms with Crippen LogP contribution in [0.25, 0.3) is 5.65 Å². The van der Waals surface area contributed by atoms with E-state index in [2.05, 4.69) is 10.3 Å². The molecule has 4 heterocycles. The molecule has 3 aromatic rings. The Labute approximate surface area is 212 Å². The summed E-state index contributed by atoms with van der Waals surface area (Å²) in [7, 11) is 0. The van der Waals surface area contributed by atoms with Gasteiger partial charge in [-0.3, -0.25) is 4.79 Å². The second kappa shape index (κ2) is 10.0. The average molecular weight is 520 g/mol. The number of carbonyl (C=O) groups excluding carboxylic acids is 2. The normalized spacial score (nSPS) is 14.8. The van der Waals surface area contributed by atoms with Crippen LogP contribution in [0.15, 0.2) is 24.5 Å².